The van der Waals surface area contributed by atoms with Crippen LogP contribution in [0.15, 0.2) is 24.3 Å². The number of amides is 1. The number of carbonyl (C=O) groups excluding carboxylic acids is 2. The van der Waals surface area contributed by atoms with Crippen LogP contribution < -0.4 is 0 Å². The second-order valence-corrected chi connectivity index (χ2v) is 4.57. The number of hydrogen-bond donors (Lipinski definition) is 0. The molecule has 0 aliphatic carbocycles. The summed E-state index contributed by atoms with van der Waals surface area (Å²) in [6.07, 6.45) is 1.34. The van der Waals surface area contributed by atoms with E-state index in [-0.39, 0.29) is 11.7 Å². The van der Waals surface area contributed by atoms with Gasteiger partial charge in [0.15, 0.2) is 5.78 Å². The molecule has 0 spiro atoms. The zero-order valence-electron chi connectivity index (χ0n) is 11.4. The largest absolute Gasteiger partial charge is 0.329 e. The van der Waals surface area contributed by atoms with E-state index >= 15 is 0 Å². The molecule has 3 nitrogen and oxygen atoms in total. The maximum atomic E-state index is 12.0. The third-order valence-electron chi connectivity index (χ3n) is 2.48. The van der Waals surface area contributed by atoms with E-state index < -0.39 is 6.04 Å². The molecule has 3 heteroatoms. The van der Waals surface area contributed by atoms with Crippen LogP contribution >= 0.6 is 0 Å². The van der Waals surface area contributed by atoms with Gasteiger partial charge in [-0.15, -0.1) is 6.58 Å². The number of carbonyl (C=O) groups is 2. The van der Waals surface area contributed by atoms with Crippen molar-refractivity contribution < 1.29 is 9.59 Å². The van der Waals surface area contributed by atoms with Crippen molar-refractivity contribution in [1.29, 1.82) is 0 Å². The fraction of sp³-hybridized carbons (Fsp3) is 0.571. The Labute approximate surface area is 104 Å². The van der Waals surface area contributed by atoms with Crippen LogP contribution in [0.3, 0.4) is 0 Å². The fourth-order valence-corrected chi connectivity index (χ4v) is 1.69. The first-order chi connectivity index (χ1) is 7.81. The van der Waals surface area contributed by atoms with Crippen molar-refractivity contribution in [2.24, 2.45) is 0 Å². The van der Waals surface area contributed by atoms with Crippen LogP contribution in [0.4, 0.5) is 0 Å². The molecule has 0 bridgehead atoms. The third kappa shape index (κ3) is 4.98. The summed E-state index contributed by atoms with van der Waals surface area (Å²) in [5.74, 6) is -0.149. The molecule has 0 aromatic heterocycles. The molecule has 0 rings (SSSR count). The van der Waals surface area contributed by atoms with Crippen LogP contribution in [0, 0.1) is 0 Å². The number of hydrogen-bond acceptors (Lipinski definition) is 2. The predicted octanol–water partition coefficient (Wildman–Crippen LogP) is 2.72. The lowest BCUT2D eigenvalue weighted by Gasteiger charge is -2.30. The van der Waals surface area contributed by atoms with Crippen molar-refractivity contribution >= 4 is 11.7 Å². The minimum absolute atomic E-state index is 0.00366. The molecule has 96 valence electrons. The smallest absolute Gasteiger partial charge is 0.249 e. The number of Topliss-reactive ketones (excluding diaryl/α,β-unsaturated/α-hetero) is 1. The van der Waals surface area contributed by atoms with Crippen molar-refractivity contribution in [3.05, 3.63) is 24.3 Å². The van der Waals surface area contributed by atoms with Gasteiger partial charge in [-0.3, -0.25) is 9.59 Å². The monoisotopic (exact) mass is 237 g/mol. The van der Waals surface area contributed by atoms with E-state index in [0.29, 0.717) is 18.5 Å². The minimum atomic E-state index is -0.406. The van der Waals surface area contributed by atoms with Gasteiger partial charge >= 0.3 is 0 Å². The summed E-state index contributed by atoms with van der Waals surface area (Å²) in [6, 6.07) is -0.406. The topological polar surface area (TPSA) is 37.4 Å². The molecule has 0 heterocycles. The Kier molecular flexibility index (Phi) is 6.47. The summed E-state index contributed by atoms with van der Waals surface area (Å²) < 4.78 is 0. The number of nitrogens with zero attached hydrogens (tertiary/aromatic N) is 1. The van der Waals surface area contributed by atoms with Gasteiger partial charge in [0.05, 0.1) is 6.04 Å². The molecule has 0 saturated carbocycles. The van der Waals surface area contributed by atoms with Gasteiger partial charge in [0.25, 0.3) is 0 Å². The maximum absolute atomic E-state index is 12.0. The lowest BCUT2D eigenvalue weighted by atomic mass is 10.0. The van der Waals surface area contributed by atoms with Crippen molar-refractivity contribution in [2.75, 3.05) is 6.54 Å². The van der Waals surface area contributed by atoms with Crippen LogP contribution in [0.25, 0.3) is 0 Å². The second kappa shape index (κ2) is 7.05. The van der Waals surface area contributed by atoms with Crippen LogP contribution in [0.2, 0.25) is 0 Å². The van der Waals surface area contributed by atoms with E-state index in [1.54, 1.807) is 11.8 Å². The molecule has 0 aliphatic rings. The van der Waals surface area contributed by atoms with Gasteiger partial charge in [-0.05, 0) is 33.6 Å². The van der Waals surface area contributed by atoms with Crippen molar-refractivity contribution in [2.45, 2.75) is 46.6 Å². The summed E-state index contributed by atoms with van der Waals surface area (Å²) in [6.45, 7) is 15.1. The van der Waals surface area contributed by atoms with Gasteiger partial charge in [0, 0.05) is 12.1 Å². The van der Waals surface area contributed by atoms with Crippen LogP contribution in [0.1, 0.15) is 40.5 Å². The Morgan fingerprint density at radius 2 is 1.71 bits per heavy atom. The Balaban J connectivity index is 5.08. The molecule has 0 saturated heterocycles. The van der Waals surface area contributed by atoms with E-state index in [1.807, 2.05) is 13.8 Å². The number of ketones is 1. The Morgan fingerprint density at radius 1 is 1.18 bits per heavy atom. The molecular weight excluding hydrogens is 214 g/mol. The summed E-state index contributed by atoms with van der Waals surface area (Å²) >= 11 is 0. The summed E-state index contributed by atoms with van der Waals surface area (Å²) in [5, 5.41) is 0. The van der Waals surface area contributed by atoms with Gasteiger partial charge in [-0.1, -0.05) is 19.1 Å². The zero-order valence-corrected chi connectivity index (χ0v) is 11.4. The van der Waals surface area contributed by atoms with E-state index in [2.05, 4.69) is 13.2 Å². The van der Waals surface area contributed by atoms with E-state index in [4.69, 9.17) is 0 Å². The fourth-order valence-electron chi connectivity index (χ4n) is 1.69. The first-order valence-corrected chi connectivity index (χ1v) is 5.92. The first kappa shape index (κ1) is 15.6. The van der Waals surface area contributed by atoms with Gasteiger partial charge < -0.3 is 4.90 Å². The Morgan fingerprint density at radius 3 is 2.00 bits per heavy atom. The maximum Gasteiger partial charge on any atom is 0.249 e. The average molecular weight is 237 g/mol. The van der Waals surface area contributed by atoms with Gasteiger partial charge in [0.1, 0.15) is 0 Å². The van der Waals surface area contributed by atoms with Gasteiger partial charge in [0.2, 0.25) is 5.91 Å². The van der Waals surface area contributed by atoms with Gasteiger partial charge in [-0.2, -0.15) is 0 Å². The van der Waals surface area contributed by atoms with Crippen molar-refractivity contribution in [3.63, 3.8) is 0 Å². The third-order valence-corrected chi connectivity index (χ3v) is 2.48. The minimum Gasteiger partial charge on any atom is -0.329 e. The molecule has 0 radical (unpaired) electrons. The Hall–Kier alpha value is -1.38. The van der Waals surface area contributed by atoms with Crippen LogP contribution in [0.5, 0.6) is 0 Å². The highest BCUT2D eigenvalue weighted by atomic mass is 16.2. The van der Waals surface area contributed by atoms with E-state index in [1.165, 1.54) is 6.92 Å². The zero-order chi connectivity index (χ0) is 13.6. The van der Waals surface area contributed by atoms with E-state index in [0.717, 1.165) is 12.0 Å². The quantitative estimate of drug-likeness (QED) is 0.504. The number of rotatable bonds is 7. The lowest BCUT2D eigenvalue weighted by Crippen LogP contribution is -2.45. The molecule has 0 fully saturated rings. The van der Waals surface area contributed by atoms with Gasteiger partial charge in [-0.25, -0.2) is 0 Å². The molecule has 1 unspecified atom stereocenters. The molecule has 0 N–H and O–H groups in total. The summed E-state index contributed by atoms with van der Waals surface area (Å²) in [4.78, 5) is 25.3. The second-order valence-electron chi connectivity index (χ2n) is 4.57. The molecule has 1 atom stereocenters. The summed E-state index contributed by atoms with van der Waals surface area (Å²) in [5.41, 5.74) is 1.37. The highest BCUT2D eigenvalue weighted by Crippen LogP contribution is 2.14. The standard InChI is InChI=1S/C14H23NO2/c1-7-8-15(14(17)11(4)5)13(12(6)16)9-10(2)3/h13H,2,4,7-9H2,1,3,5-6H3. The van der Waals surface area contributed by atoms with E-state index in [9.17, 15) is 9.59 Å². The molecule has 17 heavy (non-hydrogen) atoms. The van der Waals surface area contributed by atoms with Crippen molar-refractivity contribution in [1.82, 2.24) is 4.90 Å². The first-order valence-electron chi connectivity index (χ1n) is 5.92. The molecular formula is C14H23NO2. The normalized spacial score (nSPS) is 11.8. The average Bonchev–Trinajstić information content (AvgIpc) is 2.21. The summed E-state index contributed by atoms with van der Waals surface area (Å²) in [7, 11) is 0. The molecule has 0 aromatic rings. The Bertz CT molecular complexity index is 331. The predicted molar refractivity (Wildman–Crippen MR) is 70.7 cm³/mol. The molecule has 1 amide bonds. The SMILES string of the molecule is C=C(C)CC(C(C)=O)N(CCC)C(=O)C(=C)C. The van der Waals surface area contributed by atoms with Crippen LogP contribution in [-0.4, -0.2) is 29.2 Å². The molecule has 0 aliphatic heterocycles. The molecule has 0 aromatic carbocycles. The van der Waals surface area contributed by atoms with Crippen LogP contribution in [-0.2, 0) is 9.59 Å². The lowest BCUT2D eigenvalue weighted by molar-refractivity contribution is -0.135. The highest BCUT2D eigenvalue weighted by Gasteiger charge is 2.26. The highest BCUT2D eigenvalue weighted by molar-refractivity contribution is 5.96. The van der Waals surface area contributed by atoms with Crippen molar-refractivity contribution in [3.8, 4) is 0 Å².